The molecule has 0 aliphatic carbocycles. The summed E-state index contributed by atoms with van der Waals surface area (Å²) in [4.78, 5) is 12.2. The molecule has 0 heterocycles. The molecule has 0 bridgehead atoms. The summed E-state index contributed by atoms with van der Waals surface area (Å²) in [6.07, 6.45) is 0. The Morgan fingerprint density at radius 3 is 2.59 bits per heavy atom. The molecule has 1 atom stereocenters. The SMILES string of the molecule is CCOc1ccc(S(=O)(=O)N[C@@H](C)C(=O)Nc2cccc(OC)c2)cc1Cl. The van der Waals surface area contributed by atoms with Gasteiger partial charge in [-0.2, -0.15) is 4.72 Å². The van der Waals surface area contributed by atoms with E-state index in [1.54, 1.807) is 31.2 Å². The highest BCUT2D eigenvalue weighted by atomic mass is 35.5. The molecule has 0 saturated heterocycles. The molecule has 0 radical (unpaired) electrons. The van der Waals surface area contributed by atoms with Gasteiger partial charge in [0.1, 0.15) is 11.5 Å². The van der Waals surface area contributed by atoms with Gasteiger partial charge in [0.2, 0.25) is 15.9 Å². The number of carbonyl (C=O) groups excluding carboxylic acids is 1. The van der Waals surface area contributed by atoms with Gasteiger partial charge in [-0.15, -0.1) is 0 Å². The van der Waals surface area contributed by atoms with Crippen molar-refractivity contribution in [1.82, 2.24) is 4.72 Å². The van der Waals surface area contributed by atoms with Crippen molar-refractivity contribution in [3.8, 4) is 11.5 Å². The lowest BCUT2D eigenvalue weighted by Crippen LogP contribution is -2.41. The number of rotatable bonds is 8. The lowest BCUT2D eigenvalue weighted by atomic mass is 10.2. The van der Waals surface area contributed by atoms with Gasteiger partial charge in [0.05, 0.1) is 29.7 Å². The highest BCUT2D eigenvalue weighted by Crippen LogP contribution is 2.27. The maximum Gasteiger partial charge on any atom is 0.242 e. The number of halogens is 1. The minimum atomic E-state index is -3.94. The van der Waals surface area contributed by atoms with Crippen molar-refractivity contribution in [2.75, 3.05) is 19.0 Å². The Morgan fingerprint density at radius 2 is 1.96 bits per heavy atom. The van der Waals surface area contributed by atoms with Crippen LogP contribution in [0.5, 0.6) is 11.5 Å². The van der Waals surface area contributed by atoms with Crippen LogP contribution in [0.15, 0.2) is 47.4 Å². The highest BCUT2D eigenvalue weighted by Gasteiger charge is 2.23. The Kier molecular flexibility index (Phi) is 7.06. The average Bonchev–Trinajstić information content (AvgIpc) is 2.63. The number of methoxy groups -OCH3 is 1. The molecule has 27 heavy (non-hydrogen) atoms. The number of carbonyl (C=O) groups is 1. The zero-order chi connectivity index (χ0) is 20.0. The summed E-state index contributed by atoms with van der Waals surface area (Å²) in [6.45, 7) is 3.65. The van der Waals surface area contributed by atoms with Crippen molar-refractivity contribution in [3.05, 3.63) is 47.5 Å². The van der Waals surface area contributed by atoms with Gasteiger partial charge in [-0.1, -0.05) is 17.7 Å². The lowest BCUT2D eigenvalue weighted by Gasteiger charge is -2.15. The van der Waals surface area contributed by atoms with Gasteiger partial charge in [0.25, 0.3) is 0 Å². The molecule has 7 nitrogen and oxygen atoms in total. The molecule has 0 fully saturated rings. The van der Waals surface area contributed by atoms with E-state index >= 15 is 0 Å². The van der Waals surface area contributed by atoms with E-state index in [1.165, 1.54) is 32.2 Å². The maximum absolute atomic E-state index is 12.5. The highest BCUT2D eigenvalue weighted by molar-refractivity contribution is 7.89. The Bertz CT molecular complexity index is 918. The third kappa shape index (κ3) is 5.59. The number of nitrogens with one attached hydrogen (secondary N) is 2. The fraction of sp³-hybridized carbons (Fsp3) is 0.278. The average molecular weight is 413 g/mol. The molecular weight excluding hydrogens is 392 g/mol. The second-order valence-corrected chi connectivity index (χ2v) is 7.71. The largest absolute Gasteiger partial charge is 0.497 e. The fourth-order valence-electron chi connectivity index (χ4n) is 2.23. The minimum absolute atomic E-state index is 0.0583. The van der Waals surface area contributed by atoms with Gasteiger partial charge < -0.3 is 14.8 Å². The van der Waals surface area contributed by atoms with Gasteiger partial charge in [-0.05, 0) is 44.2 Å². The number of anilines is 1. The normalized spacial score (nSPS) is 12.3. The first-order chi connectivity index (χ1) is 12.8. The monoisotopic (exact) mass is 412 g/mol. The van der Waals surface area contributed by atoms with Crippen molar-refractivity contribution in [1.29, 1.82) is 0 Å². The molecule has 9 heteroatoms. The van der Waals surface area contributed by atoms with Gasteiger partial charge >= 0.3 is 0 Å². The summed E-state index contributed by atoms with van der Waals surface area (Å²) < 4.78 is 37.7. The van der Waals surface area contributed by atoms with Crippen LogP contribution in [0.2, 0.25) is 5.02 Å². The molecule has 1 amide bonds. The predicted octanol–water partition coefficient (Wildman–Crippen LogP) is 3.05. The molecule has 2 rings (SSSR count). The first-order valence-corrected chi connectivity index (χ1v) is 10.0. The first-order valence-electron chi connectivity index (χ1n) is 8.16. The number of amides is 1. The van der Waals surface area contributed by atoms with Gasteiger partial charge in [0.15, 0.2) is 0 Å². The molecule has 2 aromatic carbocycles. The summed E-state index contributed by atoms with van der Waals surface area (Å²) >= 11 is 6.04. The Hall–Kier alpha value is -2.29. The van der Waals surface area contributed by atoms with Gasteiger partial charge in [-0.25, -0.2) is 8.42 Å². The van der Waals surface area contributed by atoms with Crippen LogP contribution in [0.1, 0.15) is 13.8 Å². The Morgan fingerprint density at radius 1 is 1.22 bits per heavy atom. The number of hydrogen-bond donors (Lipinski definition) is 2. The summed E-state index contributed by atoms with van der Waals surface area (Å²) in [5, 5.41) is 2.81. The molecule has 0 aliphatic heterocycles. The quantitative estimate of drug-likeness (QED) is 0.695. The molecule has 0 aromatic heterocycles. The van der Waals surface area contributed by atoms with Gasteiger partial charge in [0, 0.05) is 11.8 Å². The Balaban J connectivity index is 2.09. The van der Waals surface area contributed by atoms with E-state index < -0.39 is 22.0 Å². The van der Waals surface area contributed by atoms with E-state index in [2.05, 4.69) is 10.0 Å². The summed E-state index contributed by atoms with van der Waals surface area (Å²) in [6, 6.07) is 9.86. The van der Waals surface area contributed by atoms with Crippen LogP contribution in [0.4, 0.5) is 5.69 Å². The molecule has 2 N–H and O–H groups in total. The van der Waals surface area contributed by atoms with Crippen LogP contribution in [-0.2, 0) is 14.8 Å². The summed E-state index contributed by atoms with van der Waals surface area (Å²) in [5.41, 5.74) is 0.495. The number of benzene rings is 2. The predicted molar refractivity (Wildman–Crippen MR) is 104 cm³/mol. The van der Waals surface area contributed by atoms with E-state index in [0.717, 1.165) is 0 Å². The second-order valence-electron chi connectivity index (χ2n) is 5.59. The van der Waals surface area contributed by atoms with Crippen LogP contribution >= 0.6 is 11.6 Å². The molecule has 0 saturated carbocycles. The zero-order valence-electron chi connectivity index (χ0n) is 15.2. The van der Waals surface area contributed by atoms with Crippen LogP contribution in [0.3, 0.4) is 0 Å². The van der Waals surface area contributed by atoms with Gasteiger partial charge in [-0.3, -0.25) is 4.79 Å². The molecular formula is C18H21ClN2O5S. The molecule has 146 valence electrons. The van der Waals surface area contributed by atoms with Crippen molar-refractivity contribution in [2.45, 2.75) is 24.8 Å². The minimum Gasteiger partial charge on any atom is -0.497 e. The number of ether oxygens (including phenoxy) is 2. The van der Waals surface area contributed by atoms with E-state index in [1.807, 2.05) is 0 Å². The topological polar surface area (TPSA) is 93.7 Å². The number of sulfonamides is 1. The second kappa shape index (κ2) is 9.07. The lowest BCUT2D eigenvalue weighted by molar-refractivity contribution is -0.117. The van der Waals surface area contributed by atoms with Crippen molar-refractivity contribution < 1.29 is 22.7 Å². The molecule has 0 unspecified atom stereocenters. The van der Waals surface area contributed by atoms with Crippen molar-refractivity contribution in [2.24, 2.45) is 0 Å². The summed E-state index contributed by atoms with van der Waals surface area (Å²) in [5.74, 6) is 0.454. The van der Waals surface area contributed by atoms with Crippen LogP contribution in [0, 0.1) is 0 Å². The molecule has 0 aliphatic rings. The van der Waals surface area contributed by atoms with Crippen LogP contribution in [-0.4, -0.2) is 34.1 Å². The van der Waals surface area contributed by atoms with E-state index in [0.29, 0.717) is 23.8 Å². The maximum atomic E-state index is 12.5. The number of hydrogen-bond acceptors (Lipinski definition) is 5. The molecule has 0 spiro atoms. The third-order valence-corrected chi connectivity index (χ3v) is 5.41. The fourth-order valence-corrected chi connectivity index (χ4v) is 3.76. The Labute approximate surface area is 163 Å². The van der Waals surface area contributed by atoms with E-state index in [-0.39, 0.29) is 9.92 Å². The van der Waals surface area contributed by atoms with E-state index in [9.17, 15) is 13.2 Å². The summed E-state index contributed by atoms with van der Waals surface area (Å²) in [7, 11) is -2.43. The van der Waals surface area contributed by atoms with Crippen LogP contribution < -0.4 is 19.5 Å². The smallest absolute Gasteiger partial charge is 0.242 e. The molecule has 2 aromatic rings. The van der Waals surface area contributed by atoms with E-state index in [4.69, 9.17) is 21.1 Å². The standard InChI is InChI=1S/C18H21ClN2O5S/c1-4-26-17-9-8-15(11-16(17)19)27(23,24)21-12(2)18(22)20-13-6-5-7-14(10-13)25-3/h5-12,21H,4H2,1-3H3,(H,20,22)/t12-/m0/s1. The van der Waals surface area contributed by atoms with Crippen molar-refractivity contribution >= 4 is 33.2 Å². The van der Waals surface area contributed by atoms with Crippen molar-refractivity contribution in [3.63, 3.8) is 0 Å². The third-order valence-electron chi connectivity index (χ3n) is 3.58. The first kappa shape index (κ1) is 21.0. The van der Waals surface area contributed by atoms with Crippen LogP contribution in [0.25, 0.3) is 0 Å². The zero-order valence-corrected chi connectivity index (χ0v) is 16.7.